The number of amides is 2. The van der Waals surface area contributed by atoms with Crippen molar-refractivity contribution in [1.82, 2.24) is 4.90 Å². The average Bonchev–Trinajstić information content (AvgIpc) is 2.32. The molecular formula is C12H15BrF2N2O2. The quantitative estimate of drug-likeness (QED) is 0.830. The van der Waals surface area contributed by atoms with Gasteiger partial charge in [-0.3, -0.25) is 0 Å². The van der Waals surface area contributed by atoms with Gasteiger partial charge in [0.25, 0.3) is 0 Å². The number of carbonyl (C=O) groups excluding carboxylic acids is 1. The number of carbonyl (C=O) groups is 1. The van der Waals surface area contributed by atoms with E-state index in [2.05, 4.69) is 21.2 Å². The number of aliphatic hydroxyl groups excluding tert-OH is 1. The molecule has 1 aromatic carbocycles. The molecule has 19 heavy (non-hydrogen) atoms. The summed E-state index contributed by atoms with van der Waals surface area (Å²) in [7, 11) is 0. The standard InChI is InChI=1S/C12H15BrF2N2O2/c1-7(2)17(3-4-18)12(19)16-11-6-9(14)8(13)5-10(11)15/h5-7,18H,3-4H2,1-2H3,(H,16,19). The minimum atomic E-state index is -0.741. The van der Waals surface area contributed by atoms with Crippen molar-refractivity contribution >= 4 is 27.6 Å². The minimum Gasteiger partial charge on any atom is -0.395 e. The maximum Gasteiger partial charge on any atom is 0.322 e. The molecule has 0 aliphatic carbocycles. The molecule has 0 spiro atoms. The lowest BCUT2D eigenvalue weighted by Gasteiger charge is -2.26. The number of benzene rings is 1. The fourth-order valence-corrected chi connectivity index (χ4v) is 1.82. The lowest BCUT2D eigenvalue weighted by molar-refractivity contribution is 0.172. The Hall–Kier alpha value is -1.21. The maximum absolute atomic E-state index is 13.6. The first-order valence-corrected chi connectivity index (χ1v) is 6.49. The first kappa shape index (κ1) is 15.8. The van der Waals surface area contributed by atoms with Gasteiger partial charge in [-0.1, -0.05) is 0 Å². The van der Waals surface area contributed by atoms with E-state index in [-0.39, 0.29) is 29.4 Å². The van der Waals surface area contributed by atoms with Crippen LogP contribution in [0, 0.1) is 11.6 Å². The van der Waals surface area contributed by atoms with Crippen LogP contribution in [-0.4, -0.2) is 35.2 Å². The van der Waals surface area contributed by atoms with Gasteiger partial charge in [0.2, 0.25) is 0 Å². The number of urea groups is 1. The van der Waals surface area contributed by atoms with Gasteiger partial charge in [0.05, 0.1) is 16.8 Å². The van der Waals surface area contributed by atoms with Gasteiger partial charge in [-0.05, 0) is 35.8 Å². The Bertz CT molecular complexity index is 469. The Kier molecular flexibility index (Phi) is 5.68. The van der Waals surface area contributed by atoms with Crippen LogP contribution in [0.3, 0.4) is 0 Å². The van der Waals surface area contributed by atoms with Crippen LogP contribution in [0.5, 0.6) is 0 Å². The highest BCUT2D eigenvalue weighted by Gasteiger charge is 2.18. The number of halogens is 3. The van der Waals surface area contributed by atoms with Gasteiger partial charge < -0.3 is 15.3 Å². The molecule has 0 unspecified atom stereocenters. The van der Waals surface area contributed by atoms with E-state index in [1.807, 2.05) is 0 Å². The Balaban J connectivity index is 2.89. The van der Waals surface area contributed by atoms with E-state index in [0.29, 0.717) is 0 Å². The molecule has 0 aliphatic heterocycles. The van der Waals surface area contributed by atoms with Crippen LogP contribution in [0.4, 0.5) is 19.3 Å². The van der Waals surface area contributed by atoms with Crippen molar-refractivity contribution in [3.05, 3.63) is 28.2 Å². The fourth-order valence-electron chi connectivity index (χ4n) is 1.51. The van der Waals surface area contributed by atoms with Crippen molar-refractivity contribution in [3.8, 4) is 0 Å². The van der Waals surface area contributed by atoms with Gasteiger partial charge in [0, 0.05) is 18.7 Å². The molecule has 0 saturated carbocycles. The van der Waals surface area contributed by atoms with Crippen LogP contribution < -0.4 is 5.32 Å². The molecule has 4 nitrogen and oxygen atoms in total. The van der Waals surface area contributed by atoms with Crippen molar-refractivity contribution in [2.75, 3.05) is 18.5 Å². The van der Waals surface area contributed by atoms with Crippen LogP contribution in [-0.2, 0) is 0 Å². The van der Waals surface area contributed by atoms with Crippen LogP contribution in [0.2, 0.25) is 0 Å². The highest BCUT2D eigenvalue weighted by atomic mass is 79.9. The SMILES string of the molecule is CC(C)N(CCO)C(=O)Nc1cc(F)c(Br)cc1F. The molecule has 0 saturated heterocycles. The number of nitrogens with zero attached hydrogens (tertiary/aromatic N) is 1. The van der Waals surface area contributed by atoms with E-state index in [9.17, 15) is 13.6 Å². The number of hydrogen-bond donors (Lipinski definition) is 2. The third-order valence-electron chi connectivity index (χ3n) is 2.48. The largest absolute Gasteiger partial charge is 0.395 e. The molecular weight excluding hydrogens is 322 g/mol. The van der Waals surface area contributed by atoms with Crippen molar-refractivity contribution in [2.24, 2.45) is 0 Å². The van der Waals surface area contributed by atoms with Crippen molar-refractivity contribution in [1.29, 1.82) is 0 Å². The smallest absolute Gasteiger partial charge is 0.322 e. The van der Waals surface area contributed by atoms with Gasteiger partial charge >= 0.3 is 6.03 Å². The third-order valence-corrected chi connectivity index (χ3v) is 3.08. The lowest BCUT2D eigenvalue weighted by atomic mass is 10.3. The zero-order chi connectivity index (χ0) is 14.6. The zero-order valence-corrected chi connectivity index (χ0v) is 12.2. The van der Waals surface area contributed by atoms with E-state index >= 15 is 0 Å². The van der Waals surface area contributed by atoms with Crippen LogP contribution in [0.1, 0.15) is 13.8 Å². The Labute approximate surface area is 118 Å². The van der Waals surface area contributed by atoms with Crippen molar-refractivity contribution < 1.29 is 18.7 Å². The first-order valence-electron chi connectivity index (χ1n) is 5.69. The molecule has 106 valence electrons. The maximum atomic E-state index is 13.6. The van der Waals surface area contributed by atoms with Gasteiger partial charge in [-0.15, -0.1) is 0 Å². The summed E-state index contributed by atoms with van der Waals surface area (Å²) < 4.78 is 26.8. The van der Waals surface area contributed by atoms with Crippen LogP contribution >= 0.6 is 15.9 Å². The molecule has 0 aliphatic rings. The van der Waals surface area contributed by atoms with E-state index in [0.717, 1.165) is 12.1 Å². The van der Waals surface area contributed by atoms with Gasteiger partial charge in [-0.2, -0.15) is 0 Å². The summed E-state index contributed by atoms with van der Waals surface area (Å²) in [4.78, 5) is 13.2. The summed E-state index contributed by atoms with van der Waals surface area (Å²) in [5, 5.41) is 11.2. The van der Waals surface area contributed by atoms with E-state index in [1.54, 1.807) is 13.8 Å². The lowest BCUT2D eigenvalue weighted by Crippen LogP contribution is -2.41. The summed E-state index contributed by atoms with van der Waals surface area (Å²) in [6.07, 6.45) is 0. The molecule has 0 heterocycles. The van der Waals surface area contributed by atoms with E-state index in [4.69, 9.17) is 5.11 Å². The first-order chi connectivity index (χ1) is 8.86. The summed E-state index contributed by atoms with van der Waals surface area (Å²) in [6, 6.07) is 1.08. The number of anilines is 1. The summed E-state index contributed by atoms with van der Waals surface area (Å²) >= 11 is 2.85. The molecule has 0 aromatic heterocycles. The fraction of sp³-hybridized carbons (Fsp3) is 0.417. The Morgan fingerprint density at radius 3 is 2.58 bits per heavy atom. The Morgan fingerprint density at radius 2 is 2.05 bits per heavy atom. The molecule has 0 radical (unpaired) electrons. The topological polar surface area (TPSA) is 52.6 Å². The highest BCUT2D eigenvalue weighted by molar-refractivity contribution is 9.10. The number of hydrogen-bond acceptors (Lipinski definition) is 2. The highest BCUT2D eigenvalue weighted by Crippen LogP contribution is 2.23. The monoisotopic (exact) mass is 336 g/mol. The second kappa shape index (κ2) is 6.81. The molecule has 2 amide bonds. The molecule has 7 heteroatoms. The van der Waals surface area contributed by atoms with Gasteiger partial charge in [0.1, 0.15) is 11.6 Å². The molecule has 0 bridgehead atoms. The Morgan fingerprint density at radius 1 is 1.42 bits per heavy atom. The molecule has 1 aromatic rings. The zero-order valence-electron chi connectivity index (χ0n) is 10.6. The second-order valence-electron chi connectivity index (χ2n) is 4.19. The summed E-state index contributed by atoms with van der Waals surface area (Å²) in [5.41, 5.74) is -0.241. The summed E-state index contributed by atoms with van der Waals surface area (Å²) in [6.45, 7) is 3.43. The second-order valence-corrected chi connectivity index (χ2v) is 5.04. The molecule has 0 fully saturated rings. The van der Waals surface area contributed by atoms with Gasteiger partial charge in [-0.25, -0.2) is 13.6 Å². The predicted molar refractivity (Wildman–Crippen MR) is 72.0 cm³/mol. The average molecular weight is 337 g/mol. The van der Waals surface area contributed by atoms with Crippen molar-refractivity contribution in [3.63, 3.8) is 0 Å². The number of rotatable bonds is 4. The molecule has 1 rings (SSSR count). The summed E-state index contributed by atoms with van der Waals surface area (Å²) in [5.74, 6) is -1.41. The molecule has 0 atom stereocenters. The minimum absolute atomic E-state index is 0.0147. The molecule has 2 N–H and O–H groups in total. The predicted octanol–water partition coefficient (Wildman–Crippen LogP) is 2.96. The van der Waals surface area contributed by atoms with Crippen molar-refractivity contribution in [2.45, 2.75) is 19.9 Å². The normalized spacial score (nSPS) is 10.7. The number of aliphatic hydroxyl groups is 1. The van der Waals surface area contributed by atoms with Crippen LogP contribution in [0.15, 0.2) is 16.6 Å². The van der Waals surface area contributed by atoms with E-state index in [1.165, 1.54) is 4.90 Å². The van der Waals surface area contributed by atoms with Crippen LogP contribution in [0.25, 0.3) is 0 Å². The van der Waals surface area contributed by atoms with Gasteiger partial charge in [0.15, 0.2) is 0 Å². The van der Waals surface area contributed by atoms with E-state index < -0.39 is 17.7 Å². The number of nitrogens with one attached hydrogen (secondary N) is 1. The third kappa shape index (κ3) is 4.14.